The van der Waals surface area contributed by atoms with E-state index in [-0.39, 0.29) is 5.91 Å². The summed E-state index contributed by atoms with van der Waals surface area (Å²) in [6.07, 6.45) is 4.22. The van der Waals surface area contributed by atoms with Crippen LogP contribution in [0, 0.1) is 0 Å². The molecule has 2 aromatic rings. The number of hydrogen-bond acceptors (Lipinski definition) is 3. The van der Waals surface area contributed by atoms with Gasteiger partial charge in [0.05, 0.1) is 11.9 Å². The van der Waals surface area contributed by atoms with Crippen LogP contribution in [0.4, 0.5) is 5.69 Å². The van der Waals surface area contributed by atoms with E-state index in [1.165, 1.54) is 0 Å². The molecule has 0 saturated heterocycles. The number of anilines is 1. The molecule has 2 rings (SSSR count). The molecule has 1 aromatic heterocycles. The molecule has 0 saturated carbocycles. The van der Waals surface area contributed by atoms with Crippen LogP contribution in [0.15, 0.2) is 36.7 Å². The molecule has 0 bridgehead atoms. The van der Waals surface area contributed by atoms with Gasteiger partial charge in [0.2, 0.25) is 0 Å². The number of aryl methyl sites for hydroxylation is 1. The molecule has 0 atom stereocenters. The zero-order valence-corrected chi connectivity index (χ0v) is 11.0. The number of amides is 1. The van der Waals surface area contributed by atoms with Crippen LogP contribution >= 0.6 is 0 Å². The Kier molecular flexibility index (Phi) is 4.30. The van der Waals surface area contributed by atoms with Gasteiger partial charge in [-0.2, -0.15) is 5.10 Å². The third-order valence-corrected chi connectivity index (χ3v) is 2.84. The highest BCUT2D eigenvalue weighted by Gasteiger charge is 2.07. The Balaban J connectivity index is 2.08. The van der Waals surface area contributed by atoms with Crippen LogP contribution in [0.1, 0.15) is 22.8 Å². The van der Waals surface area contributed by atoms with Crippen molar-refractivity contribution in [1.82, 2.24) is 9.78 Å². The fraction of sp³-hybridized carbons (Fsp3) is 0.286. The first kappa shape index (κ1) is 13.3. The Hall–Kier alpha value is -2.14. The Morgan fingerprint density at radius 1 is 1.47 bits per heavy atom. The van der Waals surface area contributed by atoms with Crippen molar-refractivity contribution >= 4 is 11.6 Å². The topological polar surface area (TPSA) is 72.9 Å². The first-order chi connectivity index (χ1) is 9.22. The smallest absolute Gasteiger partial charge is 0.255 e. The maximum Gasteiger partial charge on any atom is 0.255 e. The Labute approximate surface area is 112 Å². The van der Waals surface area contributed by atoms with Crippen molar-refractivity contribution in [3.05, 3.63) is 47.8 Å². The zero-order chi connectivity index (χ0) is 13.7. The number of rotatable bonds is 5. The summed E-state index contributed by atoms with van der Waals surface area (Å²) in [5.41, 5.74) is 7.92. The van der Waals surface area contributed by atoms with Gasteiger partial charge < -0.3 is 11.1 Å². The van der Waals surface area contributed by atoms with E-state index in [1.54, 1.807) is 16.9 Å². The lowest BCUT2D eigenvalue weighted by molar-refractivity contribution is 0.102. The normalized spacial score (nSPS) is 10.4. The summed E-state index contributed by atoms with van der Waals surface area (Å²) in [7, 11) is 0. The van der Waals surface area contributed by atoms with Gasteiger partial charge in [0.25, 0.3) is 5.91 Å². The number of nitrogens with one attached hydrogen (secondary N) is 1. The minimum Gasteiger partial charge on any atom is -0.330 e. The van der Waals surface area contributed by atoms with Gasteiger partial charge in [-0.1, -0.05) is 12.1 Å². The molecule has 1 amide bonds. The average molecular weight is 258 g/mol. The Bertz CT molecular complexity index is 562. The van der Waals surface area contributed by atoms with Crippen LogP contribution in [-0.4, -0.2) is 22.2 Å². The van der Waals surface area contributed by atoms with Gasteiger partial charge in [-0.25, -0.2) is 0 Å². The minimum atomic E-state index is -0.130. The highest BCUT2D eigenvalue weighted by atomic mass is 16.1. The van der Waals surface area contributed by atoms with Crippen LogP contribution in [0.3, 0.4) is 0 Å². The second-order valence-electron chi connectivity index (χ2n) is 4.28. The fourth-order valence-electron chi connectivity index (χ4n) is 1.84. The molecule has 0 aliphatic rings. The predicted octanol–water partition coefficient (Wildman–Crippen LogP) is 1.66. The zero-order valence-electron chi connectivity index (χ0n) is 11.0. The van der Waals surface area contributed by atoms with E-state index in [0.29, 0.717) is 17.8 Å². The van der Waals surface area contributed by atoms with Gasteiger partial charge in [-0.15, -0.1) is 0 Å². The van der Waals surface area contributed by atoms with Gasteiger partial charge >= 0.3 is 0 Å². The summed E-state index contributed by atoms with van der Waals surface area (Å²) in [6, 6.07) is 7.50. The molecule has 5 nitrogen and oxygen atoms in total. The molecule has 1 aromatic carbocycles. The molecule has 5 heteroatoms. The summed E-state index contributed by atoms with van der Waals surface area (Å²) >= 11 is 0. The number of nitrogens with zero attached hydrogens (tertiary/aromatic N) is 2. The van der Waals surface area contributed by atoms with E-state index in [9.17, 15) is 4.79 Å². The molecule has 0 radical (unpaired) electrons. The first-order valence-electron chi connectivity index (χ1n) is 6.35. The summed E-state index contributed by atoms with van der Waals surface area (Å²) in [5.74, 6) is -0.130. The van der Waals surface area contributed by atoms with Crippen molar-refractivity contribution in [2.45, 2.75) is 19.9 Å². The molecule has 1 heterocycles. The maximum absolute atomic E-state index is 12.1. The largest absolute Gasteiger partial charge is 0.330 e. The van der Waals surface area contributed by atoms with Crippen molar-refractivity contribution in [3.8, 4) is 0 Å². The Morgan fingerprint density at radius 3 is 3.00 bits per heavy atom. The quantitative estimate of drug-likeness (QED) is 0.856. The Morgan fingerprint density at radius 2 is 2.32 bits per heavy atom. The molecule has 0 unspecified atom stereocenters. The van der Waals surface area contributed by atoms with E-state index < -0.39 is 0 Å². The van der Waals surface area contributed by atoms with Crippen LogP contribution in [0.2, 0.25) is 0 Å². The molecule has 0 aliphatic heterocycles. The van der Waals surface area contributed by atoms with E-state index in [2.05, 4.69) is 10.4 Å². The van der Waals surface area contributed by atoms with Crippen LogP contribution in [0.25, 0.3) is 0 Å². The molecule has 19 heavy (non-hydrogen) atoms. The van der Waals surface area contributed by atoms with Crippen molar-refractivity contribution in [1.29, 1.82) is 0 Å². The second-order valence-corrected chi connectivity index (χ2v) is 4.28. The molecule has 0 fully saturated rings. The lowest BCUT2D eigenvalue weighted by Gasteiger charge is -2.04. The molecular formula is C14H18N4O. The van der Waals surface area contributed by atoms with Crippen molar-refractivity contribution in [3.63, 3.8) is 0 Å². The van der Waals surface area contributed by atoms with Gasteiger partial charge in [0.15, 0.2) is 0 Å². The van der Waals surface area contributed by atoms with E-state index >= 15 is 0 Å². The number of carbonyl (C=O) groups is 1. The van der Waals surface area contributed by atoms with Crippen LogP contribution in [0.5, 0.6) is 0 Å². The summed E-state index contributed by atoms with van der Waals surface area (Å²) in [5, 5.41) is 6.94. The number of carbonyl (C=O) groups excluding carboxylic acids is 1. The lowest BCUT2D eigenvalue weighted by Crippen LogP contribution is -2.12. The van der Waals surface area contributed by atoms with Crippen LogP contribution in [-0.2, 0) is 13.0 Å². The minimum absolute atomic E-state index is 0.130. The molecule has 0 spiro atoms. The monoisotopic (exact) mass is 258 g/mol. The first-order valence-corrected chi connectivity index (χ1v) is 6.35. The highest BCUT2D eigenvalue weighted by Crippen LogP contribution is 2.10. The maximum atomic E-state index is 12.1. The third kappa shape index (κ3) is 3.42. The molecular weight excluding hydrogens is 240 g/mol. The number of aromatic nitrogens is 2. The molecule has 3 N–H and O–H groups in total. The second kappa shape index (κ2) is 6.15. The number of hydrogen-bond donors (Lipinski definition) is 2. The van der Waals surface area contributed by atoms with Crippen molar-refractivity contribution in [2.75, 3.05) is 11.9 Å². The highest BCUT2D eigenvalue weighted by molar-refractivity contribution is 6.04. The van der Waals surface area contributed by atoms with E-state index in [4.69, 9.17) is 5.73 Å². The predicted molar refractivity (Wildman–Crippen MR) is 75.1 cm³/mol. The number of benzene rings is 1. The van der Waals surface area contributed by atoms with Gasteiger partial charge in [-0.3, -0.25) is 9.48 Å². The SMILES string of the molecule is CCn1cc(NC(=O)c2cccc(CCN)c2)cn1. The van der Waals surface area contributed by atoms with Gasteiger partial charge in [-0.05, 0) is 37.6 Å². The van der Waals surface area contributed by atoms with Crippen molar-refractivity contribution in [2.24, 2.45) is 5.73 Å². The lowest BCUT2D eigenvalue weighted by atomic mass is 10.1. The van der Waals surface area contributed by atoms with E-state index in [1.807, 2.05) is 31.3 Å². The van der Waals surface area contributed by atoms with Gasteiger partial charge in [0, 0.05) is 18.3 Å². The fourth-order valence-corrected chi connectivity index (χ4v) is 1.84. The molecule has 100 valence electrons. The third-order valence-electron chi connectivity index (χ3n) is 2.84. The average Bonchev–Trinajstić information content (AvgIpc) is 2.87. The summed E-state index contributed by atoms with van der Waals surface area (Å²) in [4.78, 5) is 12.1. The van der Waals surface area contributed by atoms with Crippen molar-refractivity contribution < 1.29 is 4.79 Å². The number of nitrogens with two attached hydrogens (primary N) is 1. The standard InChI is InChI=1S/C14H18N4O/c1-2-18-10-13(9-16-18)17-14(19)12-5-3-4-11(8-12)6-7-15/h3-5,8-10H,2,6-7,15H2,1H3,(H,17,19). The van der Waals surface area contributed by atoms with Gasteiger partial charge in [0.1, 0.15) is 0 Å². The molecule has 0 aliphatic carbocycles. The van der Waals surface area contributed by atoms with Crippen LogP contribution < -0.4 is 11.1 Å². The summed E-state index contributed by atoms with van der Waals surface area (Å²) in [6.45, 7) is 3.35. The summed E-state index contributed by atoms with van der Waals surface area (Å²) < 4.78 is 1.76. The van der Waals surface area contributed by atoms with E-state index in [0.717, 1.165) is 18.5 Å².